The van der Waals surface area contributed by atoms with E-state index in [-0.39, 0.29) is 5.97 Å². The lowest BCUT2D eigenvalue weighted by atomic mass is 10.2. The normalized spacial score (nSPS) is 11.0. The van der Waals surface area contributed by atoms with Crippen LogP contribution in [0.15, 0.2) is 30.3 Å². The molecule has 0 aliphatic heterocycles. The van der Waals surface area contributed by atoms with Gasteiger partial charge in [-0.1, -0.05) is 18.2 Å². The summed E-state index contributed by atoms with van der Waals surface area (Å²) in [4.78, 5) is 11.4. The first-order valence-electron chi connectivity index (χ1n) is 5.87. The molecule has 0 amide bonds. The number of hydrogen-bond acceptors (Lipinski definition) is 3. The number of ether oxygens (including phenoxy) is 2. The third-order valence-electron chi connectivity index (χ3n) is 1.96. The first-order chi connectivity index (χ1) is 7.97. The summed E-state index contributed by atoms with van der Waals surface area (Å²) in [6, 6.07) is 9.57. The van der Waals surface area contributed by atoms with Crippen molar-refractivity contribution in [3.8, 4) is 5.75 Å². The summed E-state index contributed by atoms with van der Waals surface area (Å²) in [5, 5.41) is 0. The van der Waals surface area contributed by atoms with Gasteiger partial charge < -0.3 is 9.47 Å². The molecule has 0 saturated heterocycles. The maximum atomic E-state index is 11.4. The number of rotatable bonds is 5. The van der Waals surface area contributed by atoms with Gasteiger partial charge in [0.05, 0.1) is 6.61 Å². The Kier molecular flexibility index (Phi) is 5.01. The molecule has 0 aliphatic carbocycles. The van der Waals surface area contributed by atoms with Crippen LogP contribution in [0.2, 0.25) is 0 Å². The summed E-state index contributed by atoms with van der Waals surface area (Å²) in [6.07, 6.45) is 1.06. The van der Waals surface area contributed by atoms with E-state index in [4.69, 9.17) is 9.47 Å². The van der Waals surface area contributed by atoms with Gasteiger partial charge in [-0.25, -0.2) is 0 Å². The van der Waals surface area contributed by atoms with Crippen LogP contribution >= 0.6 is 0 Å². The number of hydrogen-bond donors (Lipinski definition) is 0. The van der Waals surface area contributed by atoms with Crippen LogP contribution in [-0.2, 0) is 9.53 Å². The molecule has 17 heavy (non-hydrogen) atoms. The number of carbonyl (C=O) groups is 1. The van der Waals surface area contributed by atoms with Crippen LogP contribution in [0.4, 0.5) is 0 Å². The molecule has 1 rings (SSSR count). The van der Waals surface area contributed by atoms with E-state index in [1.165, 1.54) is 0 Å². The van der Waals surface area contributed by atoms with E-state index in [1.807, 2.05) is 51.1 Å². The number of esters is 1. The predicted octanol–water partition coefficient (Wildman–Crippen LogP) is 3.19. The molecule has 0 saturated carbocycles. The lowest BCUT2D eigenvalue weighted by Gasteiger charge is -2.19. The van der Waals surface area contributed by atoms with Crippen molar-refractivity contribution in [2.75, 3.05) is 6.61 Å². The van der Waals surface area contributed by atoms with E-state index in [2.05, 4.69) is 0 Å². The first kappa shape index (κ1) is 13.6. The minimum absolute atomic E-state index is 0.172. The largest absolute Gasteiger partial charge is 0.494 e. The molecule has 0 spiro atoms. The van der Waals surface area contributed by atoms with Gasteiger partial charge in [-0.05, 0) is 39.3 Å². The lowest BCUT2D eigenvalue weighted by Crippen LogP contribution is -2.23. The summed E-state index contributed by atoms with van der Waals surface area (Å²) < 4.78 is 10.7. The molecule has 1 aromatic carbocycles. The number of para-hydroxylation sites is 1. The highest BCUT2D eigenvalue weighted by atomic mass is 16.6. The van der Waals surface area contributed by atoms with Gasteiger partial charge in [-0.15, -0.1) is 0 Å². The van der Waals surface area contributed by atoms with Crippen LogP contribution in [0.3, 0.4) is 0 Å². The number of carbonyl (C=O) groups excluding carboxylic acids is 1. The van der Waals surface area contributed by atoms with Gasteiger partial charge in [0.15, 0.2) is 0 Å². The smallest absolute Gasteiger partial charge is 0.306 e. The highest BCUT2D eigenvalue weighted by Crippen LogP contribution is 2.11. The Morgan fingerprint density at radius 2 is 1.82 bits per heavy atom. The van der Waals surface area contributed by atoms with Crippen LogP contribution in [0.25, 0.3) is 0 Å². The van der Waals surface area contributed by atoms with Crippen LogP contribution in [0.1, 0.15) is 33.6 Å². The minimum atomic E-state index is -0.405. The van der Waals surface area contributed by atoms with Crippen molar-refractivity contribution in [2.24, 2.45) is 0 Å². The Labute approximate surface area is 103 Å². The van der Waals surface area contributed by atoms with Gasteiger partial charge in [-0.3, -0.25) is 4.79 Å². The molecule has 0 unspecified atom stereocenters. The van der Waals surface area contributed by atoms with E-state index >= 15 is 0 Å². The molecule has 0 bridgehead atoms. The van der Waals surface area contributed by atoms with E-state index in [0.717, 1.165) is 5.75 Å². The molecule has 0 atom stereocenters. The summed E-state index contributed by atoms with van der Waals surface area (Å²) in [6.45, 7) is 6.13. The molecular weight excluding hydrogens is 216 g/mol. The fraction of sp³-hybridized carbons (Fsp3) is 0.500. The summed E-state index contributed by atoms with van der Waals surface area (Å²) in [7, 11) is 0. The fourth-order valence-electron chi connectivity index (χ4n) is 1.32. The maximum Gasteiger partial charge on any atom is 0.306 e. The van der Waals surface area contributed by atoms with Gasteiger partial charge >= 0.3 is 5.97 Å². The SMILES string of the molecule is CC(C)(C)OC(=O)CCCOc1ccccc1. The van der Waals surface area contributed by atoms with Crippen LogP contribution in [-0.4, -0.2) is 18.2 Å². The average molecular weight is 236 g/mol. The predicted molar refractivity (Wildman–Crippen MR) is 67.0 cm³/mol. The Hall–Kier alpha value is -1.51. The Bertz CT molecular complexity index is 338. The first-order valence-corrected chi connectivity index (χ1v) is 5.87. The Morgan fingerprint density at radius 1 is 1.18 bits per heavy atom. The highest BCUT2D eigenvalue weighted by Gasteiger charge is 2.15. The average Bonchev–Trinajstić information content (AvgIpc) is 2.23. The molecule has 1 aromatic rings. The molecule has 0 N–H and O–H groups in total. The van der Waals surface area contributed by atoms with Gasteiger partial charge in [0.2, 0.25) is 0 Å². The van der Waals surface area contributed by atoms with E-state index in [9.17, 15) is 4.79 Å². The lowest BCUT2D eigenvalue weighted by molar-refractivity contribution is -0.155. The molecule has 0 fully saturated rings. The third kappa shape index (κ3) is 6.61. The van der Waals surface area contributed by atoms with Crippen molar-refractivity contribution in [1.29, 1.82) is 0 Å². The van der Waals surface area contributed by atoms with Crippen molar-refractivity contribution in [3.63, 3.8) is 0 Å². The van der Waals surface area contributed by atoms with Crippen molar-refractivity contribution in [2.45, 2.75) is 39.2 Å². The molecule has 94 valence electrons. The molecule has 3 nitrogen and oxygen atoms in total. The summed E-state index contributed by atoms with van der Waals surface area (Å²) >= 11 is 0. The standard InChI is InChI=1S/C14H20O3/c1-14(2,3)17-13(15)10-7-11-16-12-8-5-4-6-9-12/h4-6,8-9H,7,10-11H2,1-3H3. The van der Waals surface area contributed by atoms with Gasteiger partial charge in [0.25, 0.3) is 0 Å². The van der Waals surface area contributed by atoms with E-state index < -0.39 is 5.60 Å². The second kappa shape index (κ2) is 6.28. The van der Waals surface area contributed by atoms with Crippen molar-refractivity contribution < 1.29 is 14.3 Å². The molecule has 0 radical (unpaired) electrons. The van der Waals surface area contributed by atoms with E-state index in [1.54, 1.807) is 0 Å². The highest BCUT2D eigenvalue weighted by molar-refractivity contribution is 5.69. The van der Waals surface area contributed by atoms with Gasteiger partial charge in [0.1, 0.15) is 11.4 Å². The van der Waals surface area contributed by atoms with Crippen LogP contribution < -0.4 is 4.74 Å². The van der Waals surface area contributed by atoms with Crippen molar-refractivity contribution in [3.05, 3.63) is 30.3 Å². The third-order valence-corrected chi connectivity index (χ3v) is 1.96. The molecule has 0 aromatic heterocycles. The minimum Gasteiger partial charge on any atom is -0.494 e. The number of benzene rings is 1. The van der Waals surface area contributed by atoms with Crippen LogP contribution in [0.5, 0.6) is 5.75 Å². The van der Waals surface area contributed by atoms with Gasteiger partial charge in [0, 0.05) is 6.42 Å². The monoisotopic (exact) mass is 236 g/mol. The fourth-order valence-corrected chi connectivity index (χ4v) is 1.32. The van der Waals surface area contributed by atoms with E-state index in [0.29, 0.717) is 19.4 Å². The topological polar surface area (TPSA) is 35.5 Å². The zero-order valence-corrected chi connectivity index (χ0v) is 10.7. The molecule has 0 heterocycles. The van der Waals surface area contributed by atoms with Crippen molar-refractivity contribution in [1.82, 2.24) is 0 Å². The Balaban J connectivity index is 2.14. The zero-order chi connectivity index (χ0) is 12.7. The molecular formula is C14H20O3. The Morgan fingerprint density at radius 3 is 2.41 bits per heavy atom. The quantitative estimate of drug-likeness (QED) is 0.582. The van der Waals surface area contributed by atoms with Crippen molar-refractivity contribution >= 4 is 5.97 Å². The molecule has 3 heteroatoms. The summed E-state index contributed by atoms with van der Waals surface area (Å²) in [5.74, 6) is 0.658. The second-order valence-electron chi connectivity index (χ2n) is 4.85. The van der Waals surface area contributed by atoms with Crippen LogP contribution in [0, 0.1) is 0 Å². The maximum absolute atomic E-state index is 11.4. The molecule has 0 aliphatic rings. The zero-order valence-electron chi connectivity index (χ0n) is 10.7. The summed E-state index contributed by atoms with van der Waals surface area (Å²) in [5.41, 5.74) is -0.405. The second-order valence-corrected chi connectivity index (χ2v) is 4.85. The van der Waals surface area contributed by atoms with Gasteiger partial charge in [-0.2, -0.15) is 0 Å².